The van der Waals surface area contributed by atoms with Crippen LogP contribution in [-0.4, -0.2) is 47.2 Å². The lowest BCUT2D eigenvalue weighted by molar-refractivity contribution is -0.123. The van der Waals surface area contributed by atoms with Crippen molar-refractivity contribution in [3.63, 3.8) is 0 Å². The minimum absolute atomic E-state index is 0.0357. The highest BCUT2D eigenvalue weighted by Crippen LogP contribution is 2.50. The molecule has 6 rings (SSSR count). The third-order valence-electron chi connectivity index (χ3n) is 8.22. The lowest BCUT2D eigenvalue weighted by Crippen LogP contribution is -2.44. The van der Waals surface area contributed by atoms with Crippen molar-refractivity contribution >= 4 is 45.9 Å². The maximum Gasteiger partial charge on any atom is 0.251 e. The predicted molar refractivity (Wildman–Crippen MR) is 159 cm³/mol. The summed E-state index contributed by atoms with van der Waals surface area (Å²) in [5, 5.41) is 15.9. The first-order valence-corrected chi connectivity index (χ1v) is 14.3. The molecule has 1 aliphatic carbocycles. The van der Waals surface area contributed by atoms with Gasteiger partial charge in [-0.05, 0) is 68.1 Å². The molecule has 2 atom stereocenters. The van der Waals surface area contributed by atoms with Gasteiger partial charge in [-0.2, -0.15) is 0 Å². The predicted octanol–water partition coefficient (Wildman–Crippen LogP) is 4.91. The Kier molecular flexibility index (Phi) is 7.19. The number of fused-ring (bicyclic) bond motifs is 2. The number of methoxy groups -OCH3 is 1. The van der Waals surface area contributed by atoms with E-state index < -0.39 is 28.6 Å². The molecule has 222 valence electrons. The van der Waals surface area contributed by atoms with Crippen LogP contribution < -0.4 is 20.5 Å². The van der Waals surface area contributed by atoms with Gasteiger partial charge >= 0.3 is 0 Å². The SMILES string of the molecule is COc1cc(C(=O)NC[C@](O)(c2cc3c(c(-c4ccc(F)c(Cl)c4)n2)OC[C@]3(C)C(N)=O)C2CC2)cc2cc(Cl)cnc12. The molecule has 9 nitrogen and oxygen atoms in total. The highest BCUT2D eigenvalue weighted by Gasteiger charge is 2.50. The molecule has 1 aliphatic heterocycles. The van der Waals surface area contributed by atoms with Crippen LogP contribution in [0.4, 0.5) is 4.39 Å². The van der Waals surface area contributed by atoms with Gasteiger partial charge in [-0.25, -0.2) is 9.37 Å². The van der Waals surface area contributed by atoms with Gasteiger partial charge in [-0.1, -0.05) is 23.2 Å². The molecule has 0 unspecified atom stereocenters. The van der Waals surface area contributed by atoms with Crippen LogP contribution in [0.25, 0.3) is 22.2 Å². The van der Waals surface area contributed by atoms with Crippen LogP contribution in [0.3, 0.4) is 0 Å². The standard InChI is InChI=1S/C31H27Cl2FN4O5/c1-30(29(35)40)14-43-27-20(30)11-24(38-26(27)15-3-6-22(34)21(33)9-15)31(41,18-4-5-18)13-37-28(39)17-7-16-8-19(32)12-36-25(16)23(10-17)42-2/h3,6-12,18,41H,4-5,13-14H2,1-2H3,(H2,35,40)(H,37,39)/t30-,31+/m0/s1. The first-order chi connectivity index (χ1) is 20.4. The van der Waals surface area contributed by atoms with Crippen LogP contribution in [0.1, 0.15) is 41.4 Å². The molecule has 12 heteroatoms. The van der Waals surface area contributed by atoms with Crippen molar-refractivity contribution in [1.82, 2.24) is 15.3 Å². The molecule has 2 aromatic heterocycles. The molecule has 0 saturated heterocycles. The molecule has 2 aliphatic rings. The average molecular weight is 625 g/mol. The summed E-state index contributed by atoms with van der Waals surface area (Å²) in [6.45, 7) is 1.43. The molecular weight excluding hydrogens is 598 g/mol. The Morgan fingerprint density at radius 3 is 2.67 bits per heavy atom. The summed E-state index contributed by atoms with van der Waals surface area (Å²) in [5.41, 5.74) is 5.15. The first-order valence-electron chi connectivity index (χ1n) is 13.5. The number of hydrogen-bond donors (Lipinski definition) is 3. The molecule has 1 saturated carbocycles. The van der Waals surface area contributed by atoms with Gasteiger partial charge in [0.25, 0.3) is 5.91 Å². The van der Waals surface area contributed by atoms with Crippen molar-refractivity contribution in [1.29, 1.82) is 0 Å². The number of ether oxygens (including phenoxy) is 2. The zero-order chi connectivity index (χ0) is 30.7. The molecule has 2 amide bonds. The van der Waals surface area contributed by atoms with Crippen molar-refractivity contribution in [2.45, 2.75) is 30.8 Å². The van der Waals surface area contributed by atoms with Crippen molar-refractivity contribution in [2.24, 2.45) is 11.7 Å². The molecule has 0 radical (unpaired) electrons. The maximum atomic E-state index is 14.0. The van der Waals surface area contributed by atoms with Gasteiger partial charge in [-0.3, -0.25) is 14.6 Å². The molecule has 43 heavy (non-hydrogen) atoms. The van der Waals surface area contributed by atoms with Gasteiger partial charge in [0.1, 0.15) is 46.1 Å². The molecular formula is C31H27Cl2FN4O5. The fourth-order valence-corrected chi connectivity index (χ4v) is 5.79. The van der Waals surface area contributed by atoms with E-state index >= 15 is 0 Å². The smallest absolute Gasteiger partial charge is 0.251 e. The number of halogens is 3. The van der Waals surface area contributed by atoms with Gasteiger partial charge in [0.2, 0.25) is 5.91 Å². The number of carbonyl (C=O) groups excluding carboxylic acids is 2. The zero-order valence-electron chi connectivity index (χ0n) is 23.2. The Labute approximate surface area is 256 Å². The van der Waals surface area contributed by atoms with Gasteiger partial charge in [0.05, 0.1) is 29.4 Å². The highest BCUT2D eigenvalue weighted by atomic mass is 35.5. The zero-order valence-corrected chi connectivity index (χ0v) is 24.7. The van der Waals surface area contributed by atoms with E-state index in [1.54, 1.807) is 31.2 Å². The minimum Gasteiger partial charge on any atom is -0.494 e. The second kappa shape index (κ2) is 10.6. The van der Waals surface area contributed by atoms with Crippen LogP contribution in [0.5, 0.6) is 11.5 Å². The number of primary amides is 1. The number of hydrogen-bond acceptors (Lipinski definition) is 7. The number of nitrogens with one attached hydrogen (secondary N) is 1. The van der Waals surface area contributed by atoms with Crippen LogP contribution in [0, 0.1) is 11.7 Å². The number of pyridine rings is 2. The van der Waals surface area contributed by atoms with Gasteiger partial charge in [-0.15, -0.1) is 0 Å². The topological polar surface area (TPSA) is 137 Å². The number of aliphatic hydroxyl groups is 1. The normalized spacial score (nSPS) is 18.9. The Bertz CT molecular complexity index is 1820. The van der Waals surface area contributed by atoms with Crippen molar-refractivity contribution in [3.8, 4) is 22.8 Å². The number of rotatable bonds is 8. The van der Waals surface area contributed by atoms with E-state index in [1.165, 1.54) is 31.5 Å². The summed E-state index contributed by atoms with van der Waals surface area (Å²) in [5.74, 6) is -1.22. The third kappa shape index (κ3) is 5.03. The average Bonchev–Trinajstić information content (AvgIpc) is 3.79. The molecule has 0 bridgehead atoms. The third-order valence-corrected chi connectivity index (χ3v) is 8.72. The molecule has 1 fully saturated rings. The molecule has 4 N–H and O–H groups in total. The summed E-state index contributed by atoms with van der Waals surface area (Å²) in [6.07, 6.45) is 2.88. The fourth-order valence-electron chi connectivity index (χ4n) is 5.45. The maximum absolute atomic E-state index is 14.0. The fraction of sp³-hybridized carbons (Fsp3) is 0.290. The van der Waals surface area contributed by atoms with Crippen LogP contribution in [0.2, 0.25) is 10.0 Å². The van der Waals surface area contributed by atoms with Crippen LogP contribution in [-0.2, 0) is 15.8 Å². The number of aromatic nitrogens is 2. The molecule has 2 aromatic carbocycles. The highest BCUT2D eigenvalue weighted by molar-refractivity contribution is 6.31. The van der Waals surface area contributed by atoms with E-state index in [1.807, 2.05) is 0 Å². The molecule has 3 heterocycles. The molecule has 0 spiro atoms. The Hall–Kier alpha value is -3.99. The van der Waals surface area contributed by atoms with E-state index in [0.29, 0.717) is 51.4 Å². The first kappa shape index (κ1) is 29.1. The van der Waals surface area contributed by atoms with E-state index in [2.05, 4.69) is 10.3 Å². The quantitative estimate of drug-likeness (QED) is 0.253. The Morgan fingerprint density at radius 2 is 2.00 bits per heavy atom. The summed E-state index contributed by atoms with van der Waals surface area (Å²) >= 11 is 12.2. The van der Waals surface area contributed by atoms with Crippen LogP contribution in [0.15, 0.2) is 48.7 Å². The van der Waals surface area contributed by atoms with Crippen molar-refractivity contribution in [2.75, 3.05) is 20.3 Å². The number of carbonyl (C=O) groups is 2. The van der Waals surface area contributed by atoms with Gasteiger partial charge < -0.3 is 25.6 Å². The lowest BCUT2D eigenvalue weighted by Gasteiger charge is -2.30. The van der Waals surface area contributed by atoms with E-state index in [9.17, 15) is 19.1 Å². The van der Waals surface area contributed by atoms with E-state index in [0.717, 1.165) is 0 Å². The summed E-state index contributed by atoms with van der Waals surface area (Å²) in [6, 6.07) is 10.6. The molecule has 4 aromatic rings. The van der Waals surface area contributed by atoms with E-state index in [-0.39, 0.29) is 41.0 Å². The number of nitrogens with two attached hydrogens (primary N) is 1. The second-order valence-electron chi connectivity index (χ2n) is 11.1. The summed E-state index contributed by atoms with van der Waals surface area (Å²) in [4.78, 5) is 35.1. The number of nitrogens with zero attached hydrogens (tertiary/aromatic N) is 2. The summed E-state index contributed by atoms with van der Waals surface area (Å²) < 4.78 is 25.4. The minimum atomic E-state index is -1.61. The van der Waals surface area contributed by atoms with E-state index in [4.69, 9.17) is 43.4 Å². The van der Waals surface area contributed by atoms with Crippen molar-refractivity contribution in [3.05, 3.63) is 81.3 Å². The largest absolute Gasteiger partial charge is 0.494 e. The van der Waals surface area contributed by atoms with Crippen molar-refractivity contribution < 1.29 is 28.6 Å². The van der Waals surface area contributed by atoms with Gasteiger partial charge in [0, 0.05) is 28.3 Å². The number of amides is 2. The number of benzene rings is 2. The monoisotopic (exact) mass is 624 g/mol. The van der Waals surface area contributed by atoms with Gasteiger partial charge in [0.15, 0.2) is 0 Å². The Balaban J connectivity index is 1.40. The Morgan fingerprint density at radius 1 is 1.23 bits per heavy atom. The van der Waals surface area contributed by atoms with Crippen LogP contribution >= 0.6 is 23.2 Å². The second-order valence-corrected chi connectivity index (χ2v) is 12.0. The summed E-state index contributed by atoms with van der Waals surface area (Å²) in [7, 11) is 1.48. The lowest BCUT2D eigenvalue weighted by atomic mass is 9.81.